The number of hydrogen-bond donors (Lipinski definition) is 0. The van der Waals surface area contributed by atoms with Gasteiger partial charge in [-0.2, -0.15) is 13.5 Å². The molecule has 1 nitrogen and oxygen atoms in total. The van der Waals surface area contributed by atoms with E-state index in [0.717, 1.165) is 0 Å². The summed E-state index contributed by atoms with van der Waals surface area (Å²) in [4.78, 5) is 2.25. The summed E-state index contributed by atoms with van der Waals surface area (Å²) >= 11 is 0. The van der Waals surface area contributed by atoms with Crippen LogP contribution in [-0.2, 0) is 0 Å². The minimum atomic E-state index is 0. The van der Waals surface area contributed by atoms with E-state index in [0.29, 0.717) is 0 Å². The van der Waals surface area contributed by atoms with E-state index in [4.69, 9.17) is 0 Å². The van der Waals surface area contributed by atoms with E-state index in [2.05, 4.69) is 77.7 Å². The van der Waals surface area contributed by atoms with E-state index >= 15 is 0 Å². The molecule has 20 heavy (non-hydrogen) atoms. The molecule has 0 bridgehead atoms. The number of para-hydroxylation sites is 3. The molecular formula is C18H17NS. The van der Waals surface area contributed by atoms with Crippen LogP contribution in [0.3, 0.4) is 0 Å². The average Bonchev–Trinajstić information content (AvgIpc) is 2.51. The molecule has 3 rings (SSSR count). The Bertz CT molecular complexity index is 529. The van der Waals surface area contributed by atoms with Crippen molar-refractivity contribution in [1.29, 1.82) is 0 Å². The van der Waals surface area contributed by atoms with Crippen LogP contribution in [0, 0.1) is 0 Å². The van der Waals surface area contributed by atoms with E-state index in [1.165, 1.54) is 17.1 Å². The molecule has 0 saturated carbocycles. The monoisotopic (exact) mass is 279 g/mol. The molecule has 0 spiro atoms. The number of benzene rings is 3. The van der Waals surface area contributed by atoms with Crippen LogP contribution in [0.4, 0.5) is 17.1 Å². The van der Waals surface area contributed by atoms with Gasteiger partial charge in [0, 0.05) is 17.1 Å². The van der Waals surface area contributed by atoms with Gasteiger partial charge < -0.3 is 4.90 Å². The van der Waals surface area contributed by atoms with Crippen LogP contribution in [0.25, 0.3) is 0 Å². The maximum atomic E-state index is 2.25. The second kappa shape index (κ2) is 6.83. The molecule has 0 aliphatic rings. The third-order valence-electron chi connectivity index (χ3n) is 3.04. The lowest BCUT2D eigenvalue weighted by molar-refractivity contribution is 1.28. The van der Waals surface area contributed by atoms with Crippen molar-refractivity contribution in [2.45, 2.75) is 0 Å². The molecule has 0 N–H and O–H groups in total. The van der Waals surface area contributed by atoms with E-state index in [1.54, 1.807) is 0 Å². The minimum Gasteiger partial charge on any atom is -0.311 e. The number of anilines is 3. The summed E-state index contributed by atoms with van der Waals surface area (Å²) in [6, 6.07) is 31.3. The first-order chi connectivity index (χ1) is 9.45. The lowest BCUT2D eigenvalue weighted by Crippen LogP contribution is -2.09. The lowest BCUT2D eigenvalue weighted by atomic mass is 10.2. The summed E-state index contributed by atoms with van der Waals surface area (Å²) in [6.07, 6.45) is 0. The molecule has 0 aliphatic carbocycles. The molecule has 0 unspecified atom stereocenters. The highest BCUT2D eigenvalue weighted by Crippen LogP contribution is 2.33. The van der Waals surface area contributed by atoms with Gasteiger partial charge in [0.05, 0.1) is 0 Å². The zero-order valence-corrected chi connectivity index (χ0v) is 12.1. The van der Waals surface area contributed by atoms with Crippen LogP contribution in [0.1, 0.15) is 0 Å². The van der Waals surface area contributed by atoms with Crippen LogP contribution < -0.4 is 4.90 Å². The molecule has 0 saturated heterocycles. The second-order valence-electron chi connectivity index (χ2n) is 4.34. The Balaban J connectivity index is 0.00000147. The molecule has 0 amide bonds. The van der Waals surface area contributed by atoms with E-state index < -0.39 is 0 Å². The third-order valence-corrected chi connectivity index (χ3v) is 3.04. The van der Waals surface area contributed by atoms with Crippen molar-refractivity contribution in [2.24, 2.45) is 0 Å². The normalized spacial score (nSPS) is 9.60. The smallest absolute Gasteiger partial charge is 0.0461 e. The van der Waals surface area contributed by atoms with Gasteiger partial charge >= 0.3 is 0 Å². The van der Waals surface area contributed by atoms with Crippen molar-refractivity contribution < 1.29 is 0 Å². The van der Waals surface area contributed by atoms with Gasteiger partial charge in [-0.05, 0) is 36.4 Å². The largest absolute Gasteiger partial charge is 0.311 e. The Morgan fingerprint density at radius 3 is 0.900 bits per heavy atom. The molecule has 0 heterocycles. The summed E-state index contributed by atoms with van der Waals surface area (Å²) in [7, 11) is 0. The Morgan fingerprint density at radius 2 is 0.650 bits per heavy atom. The molecule has 0 aromatic heterocycles. The third kappa shape index (κ3) is 3.03. The molecule has 3 aromatic carbocycles. The number of nitrogens with zero attached hydrogens (tertiary/aromatic N) is 1. The first-order valence-corrected chi connectivity index (χ1v) is 6.40. The van der Waals surface area contributed by atoms with Crippen molar-refractivity contribution >= 4 is 30.6 Å². The quantitative estimate of drug-likeness (QED) is 0.631. The number of rotatable bonds is 3. The standard InChI is InChI=1S/C18H15N.H2S/c1-4-10-16(11-5-1)19(17-12-6-2-7-13-17)18-14-8-3-9-15-18;/h1-15H;1H2. The van der Waals surface area contributed by atoms with Crippen LogP contribution in [-0.4, -0.2) is 0 Å². The van der Waals surface area contributed by atoms with Gasteiger partial charge in [-0.25, -0.2) is 0 Å². The maximum Gasteiger partial charge on any atom is 0.0461 e. The maximum absolute atomic E-state index is 2.25. The molecule has 100 valence electrons. The molecule has 0 atom stereocenters. The van der Waals surface area contributed by atoms with Crippen LogP contribution in [0.2, 0.25) is 0 Å². The highest BCUT2D eigenvalue weighted by Gasteiger charge is 2.10. The summed E-state index contributed by atoms with van der Waals surface area (Å²) in [5.74, 6) is 0. The molecule has 0 fully saturated rings. The van der Waals surface area contributed by atoms with Crippen molar-refractivity contribution in [3.05, 3.63) is 91.0 Å². The summed E-state index contributed by atoms with van der Waals surface area (Å²) in [6.45, 7) is 0. The first-order valence-electron chi connectivity index (χ1n) is 6.40. The van der Waals surface area contributed by atoms with Crippen LogP contribution in [0.15, 0.2) is 91.0 Å². The van der Waals surface area contributed by atoms with Crippen molar-refractivity contribution in [3.63, 3.8) is 0 Å². The Kier molecular flexibility index (Phi) is 4.85. The predicted octanol–water partition coefficient (Wildman–Crippen LogP) is 5.27. The highest BCUT2D eigenvalue weighted by molar-refractivity contribution is 7.59. The highest BCUT2D eigenvalue weighted by atomic mass is 32.1. The Hall–Kier alpha value is -2.19. The lowest BCUT2D eigenvalue weighted by Gasteiger charge is -2.25. The second-order valence-corrected chi connectivity index (χ2v) is 4.34. The molecule has 3 aromatic rings. The Labute approximate surface area is 126 Å². The minimum absolute atomic E-state index is 0. The van der Waals surface area contributed by atoms with Gasteiger partial charge in [-0.3, -0.25) is 0 Å². The molecule has 2 heteroatoms. The van der Waals surface area contributed by atoms with Crippen molar-refractivity contribution in [2.75, 3.05) is 4.90 Å². The fourth-order valence-corrected chi connectivity index (χ4v) is 2.18. The molecular weight excluding hydrogens is 262 g/mol. The van der Waals surface area contributed by atoms with Crippen LogP contribution in [0.5, 0.6) is 0 Å². The van der Waals surface area contributed by atoms with E-state index in [-0.39, 0.29) is 13.5 Å². The summed E-state index contributed by atoms with van der Waals surface area (Å²) < 4.78 is 0. The van der Waals surface area contributed by atoms with Crippen molar-refractivity contribution in [1.82, 2.24) is 0 Å². The Morgan fingerprint density at radius 1 is 0.400 bits per heavy atom. The fourth-order valence-electron chi connectivity index (χ4n) is 2.18. The van der Waals surface area contributed by atoms with Gasteiger partial charge in [0.25, 0.3) is 0 Å². The zero-order valence-electron chi connectivity index (χ0n) is 11.1. The SMILES string of the molecule is S.c1ccc(N(c2ccccc2)c2ccccc2)cc1. The van der Waals surface area contributed by atoms with Gasteiger partial charge in [0.1, 0.15) is 0 Å². The molecule has 0 aliphatic heterocycles. The predicted molar refractivity (Wildman–Crippen MR) is 91.5 cm³/mol. The molecule has 0 radical (unpaired) electrons. The van der Waals surface area contributed by atoms with Gasteiger partial charge in [-0.15, -0.1) is 0 Å². The van der Waals surface area contributed by atoms with Gasteiger partial charge in [-0.1, -0.05) is 54.6 Å². The van der Waals surface area contributed by atoms with Gasteiger partial charge in [0.2, 0.25) is 0 Å². The topological polar surface area (TPSA) is 3.24 Å². The van der Waals surface area contributed by atoms with Crippen molar-refractivity contribution in [3.8, 4) is 0 Å². The summed E-state index contributed by atoms with van der Waals surface area (Å²) in [5.41, 5.74) is 3.50. The van der Waals surface area contributed by atoms with Crippen LogP contribution >= 0.6 is 13.5 Å². The first kappa shape index (κ1) is 14.2. The zero-order chi connectivity index (χ0) is 12.9. The van der Waals surface area contributed by atoms with Gasteiger partial charge in [0.15, 0.2) is 0 Å². The summed E-state index contributed by atoms with van der Waals surface area (Å²) in [5, 5.41) is 0. The average molecular weight is 279 g/mol. The van der Waals surface area contributed by atoms with E-state index in [9.17, 15) is 0 Å². The number of hydrogen-bond acceptors (Lipinski definition) is 1. The van der Waals surface area contributed by atoms with E-state index in [1.807, 2.05) is 18.2 Å². The fraction of sp³-hybridized carbons (Fsp3) is 0.